The number of benzene rings is 1. The molecule has 0 atom stereocenters. The van der Waals surface area contributed by atoms with Gasteiger partial charge in [0.05, 0.1) is 5.56 Å². The van der Waals surface area contributed by atoms with E-state index in [1.165, 1.54) is 6.07 Å². The van der Waals surface area contributed by atoms with Crippen molar-refractivity contribution >= 4 is 22.9 Å². The molecule has 82 valence electrons. The Labute approximate surface area is 94.9 Å². The molecule has 0 aliphatic heterocycles. The molecule has 2 nitrogen and oxygen atoms in total. The van der Waals surface area contributed by atoms with Gasteiger partial charge in [-0.1, -0.05) is 25.2 Å². The van der Waals surface area contributed by atoms with Crippen molar-refractivity contribution in [1.29, 1.82) is 0 Å². The van der Waals surface area contributed by atoms with Crippen molar-refractivity contribution in [2.75, 3.05) is 18.5 Å². The van der Waals surface area contributed by atoms with Gasteiger partial charge in [0.2, 0.25) is 0 Å². The minimum absolute atomic E-state index is 0.103. The summed E-state index contributed by atoms with van der Waals surface area (Å²) in [6.45, 7) is 2.91. The minimum Gasteiger partial charge on any atom is -0.389 e. The van der Waals surface area contributed by atoms with E-state index in [4.69, 9.17) is 18.0 Å². The van der Waals surface area contributed by atoms with Crippen LogP contribution in [-0.4, -0.2) is 18.6 Å². The average Bonchev–Trinajstić information content (AvgIpc) is 2.17. The molecular formula is C11H15FN2S. The summed E-state index contributed by atoms with van der Waals surface area (Å²) in [6, 6.07) is 4.86. The molecule has 0 spiro atoms. The summed E-state index contributed by atoms with van der Waals surface area (Å²) in [5.41, 5.74) is 6.60. The van der Waals surface area contributed by atoms with Crippen LogP contribution in [0.1, 0.15) is 18.9 Å². The largest absolute Gasteiger partial charge is 0.389 e. The van der Waals surface area contributed by atoms with E-state index in [9.17, 15) is 4.39 Å². The molecule has 0 heterocycles. The minimum atomic E-state index is -0.358. The molecule has 1 aromatic rings. The smallest absolute Gasteiger partial charge is 0.135 e. The van der Waals surface area contributed by atoms with Crippen LogP contribution in [0.25, 0.3) is 0 Å². The SMILES string of the molecule is CCCN(C)c1cccc(F)c1C(N)=S. The number of hydrogen-bond donors (Lipinski definition) is 1. The van der Waals surface area contributed by atoms with Gasteiger partial charge in [-0.05, 0) is 18.6 Å². The predicted octanol–water partition coefficient (Wildman–Crippen LogP) is 2.31. The number of rotatable bonds is 4. The van der Waals surface area contributed by atoms with E-state index in [0.29, 0.717) is 5.56 Å². The summed E-state index contributed by atoms with van der Waals surface area (Å²) in [5, 5.41) is 0. The summed E-state index contributed by atoms with van der Waals surface area (Å²) in [7, 11) is 1.90. The van der Waals surface area contributed by atoms with Gasteiger partial charge in [-0.15, -0.1) is 0 Å². The molecule has 0 saturated heterocycles. The monoisotopic (exact) mass is 226 g/mol. The molecule has 0 aliphatic carbocycles. The number of thiocarbonyl (C=S) groups is 1. The predicted molar refractivity (Wildman–Crippen MR) is 65.8 cm³/mol. The summed E-state index contributed by atoms with van der Waals surface area (Å²) < 4.78 is 13.5. The molecule has 0 amide bonds. The van der Waals surface area contributed by atoms with Crippen LogP contribution in [0.15, 0.2) is 18.2 Å². The molecule has 0 bridgehead atoms. The Hall–Kier alpha value is -1.16. The lowest BCUT2D eigenvalue weighted by Gasteiger charge is -2.21. The van der Waals surface area contributed by atoms with E-state index in [2.05, 4.69) is 6.92 Å². The van der Waals surface area contributed by atoms with Crippen molar-refractivity contribution in [1.82, 2.24) is 0 Å². The topological polar surface area (TPSA) is 29.3 Å². The first-order chi connectivity index (χ1) is 7.07. The highest BCUT2D eigenvalue weighted by Crippen LogP contribution is 2.22. The van der Waals surface area contributed by atoms with Crippen LogP contribution < -0.4 is 10.6 Å². The molecule has 15 heavy (non-hydrogen) atoms. The van der Waals surface area contributed by atoms with Gasteiger partial charge in [-0.3, -0.25) is 0 Å². The highest BCUT2D eigenvalue weighted by Gasteiger charge is 2.13. The van der Waals surface area contributed by atoms with E-state index in [-0.39, 0.29) is 10.8 Å². The maximum absolute atomic E-state index is 13.5. The van der Waals surface area contributed by atoms with Crippen LogP contribution >= 0.6 is 12.2 Å². The highest BCUT2D eigenvalue weighted by atomic mass is 32.1. The lowest BCUT2D eigenvalue weighted by molar-refractivity contribution is 0.624. The van der Waals surface area contributed by atoms with Crippen LogP contribution in [-0.2, 0) is 0 Å². The maximum Gasteiger partial charge on any atom is 0.135 e. The highest BCUT2D eigenvalue weighted by molar-refractivity contribution is 7.80. The lowest BCUT2D eigenvalue weighted by Crippen LogP contribution is -2.23. The van der Waals surface area contributed by atoms with Crippen LogP contribution in [0.2, 0.25) is 0 Å². The zero-order valence-electron chi connectivity index (χ0n) is 8.96. The molecule has 1 aromatic carbocycles. The standard InChI is InChI=1S/C11H15FN2S/c1-3-7-14(2)9-6-4-5-8(12)10(9)11(13)15/h4-6H,3,7H2,1-2H3,(H2,13,15). The van der Waals surface area contributed by atoms with Crippen molar-refractivity contribution in [3.63, 3.8) is 0 Å². The fourth-order valence-corrected chi connectivity index (χ4v) is 1.73. The van der Waals surface area contributed by atoms with Gasteiger partial charge in [0, 0.05) is 19.3 Å². The molecule has 0 aliphatic rings. The van der Waals surface area contributed by atoms with Gasteiger partial charge in [-0.2, -0.15) is 0 Å². The van der Waals surface area contributed by atoms with Crippen molar-refractivity contribution in [2.45, 2.75) is 13.3 Å². The van der Waals surface area contributed by atoms with Crippen LogP contribution in [0.3, 0.4) is 0 Å². The normalized spacial score (nSPS) is 10.1. The third-order valence-corrected chi connectivity index (χ3v) is 2.41. The molecule has 4 heteroatoms. The average molecular weight is 226 g/mol. The zero-order chi connectivity index (χ0) is 11.4. The summed E-state index contributed by atoms with van der Waals surface area (Å²) in [5.74, 6) is -0.358. The number of halogens is 1. The van der Waals surface area contributed by atoms with Gasteiger partial charge in [-0.25, -0.2) is 4.39 Å². The van der Waals surface area contributed by atoms with E-state index in [0.717, 1.165) is 18.7 Å². The molecule has 0 radical (unpaired) electrons. The quantitative estimate of drug-likeness (QED) is 0.799. The van der Waals surface area contributed by atoms with Gasteiger partial charge >= 0.3 is 0 Å². The second-order valence-electron chi connectivity index (χ2n) is 3.42. The lowest BCUT2D eigenvalue weighted by atomic mass is 10.1. The zero-order valence-corrected chi connectivity index (χ0v) is 9.77. The van der Waals surface area contributed by atoms with Crippen molar-refractivity contribution < 1.29 is 4.39 Å². The third kappa shape index (κ3) is 2.65. The van der Waals surface area contributed by atoms with Crippen molar-refractivity contribution in [3.05, 3.63) is 29.6 Å². The van der Waals surface area contributed by atoms with Crippen molar-refractivity contribution in [2.24, 2.45) is 5.73 Å². The molecule has 1 rings (SSSR count). The molecular weight excluding hydrogens is 211 g/mol. The van der Waals surface area contributed by atoms with Gasteiger partial charge in [0.15, 0.2) is 0 Å². The van der Waals surface area contributed by atoms with Gasteiger partial charge in [0.1, 0.15) is 10.8 Å². The van der Waals surface area contributed by atoms with E-state index >= 15 is 0 Å². The fourth-order valence-electron chi connectivity index (χ4n) is 1.53. The Morgan fingerprint density at radius 2 is 2.20 bits per heavy atom. The maximum atomic E-state index is 13.5. The summed E-state index contributed by atoms with van der Waals surface area (Å²) in [4.78, 5) is 2.06. The first kappa shape index (κ1) is 11.9. The fraction of sp³-hybridized carbons (Fsp3) is 0.364. The van der Waals surface area contributed by atoms with Crippen molar-refractivity contribution in [3.8, 4) is 0 Å². The van der Waals surface area contributed by atoms with Crippen LogP contribution in [0.5, 0.6) is 0 Å². The Morgan fingerprint density at radius 3 is 2.73 bits per heavy atom. The second-order valence-corrected chi connectivity index (χ2v) is 3.86. The Balaban J connectivity index is 3.16. The second kappa shape index (κ2) is 5.07. The Morgan fingerprint density at radius 1 is 1.53 bits per heavy atom. The Bertz CT molecular complexity index is 366. The third-order valence-electron chi connectivity index (χ3n) is 2.21. The van der Waals surface area contributed by atoms with Crippen LogP contribution in [0, 0.1) is 5.82 Å². The summed E-state index contributed by atoms with van der Waals surface area (Å²) in [6.07, 6.45) is 0.990. The molecule has 0 saturated carbocycles. The number of anilines is 1. The molecule has 0 fully saturated rings. The van der Waals surface area contributed by atoms with E-state index < -0.39 is 0 Å². The Kier molecular flexibility index (Phi) is 4.03. The first-order valence-electron chi connectivity index (χ1n) is 4.87. The number of hydrogen-bond acceptors (Lipinski definition) is 2. The van der Waals surface area contributed by atoms with Gasteiger partial charge in [0.25, 0.3) is 0 Å². The molecule has 0 unspecified atom stereocenters. The first-order valence-corrected chi connectivity index (χ1v) is 5.28. The molecule has 0 aromatic heterocycles. The summed E-state index contributed by atoms with van der Waals surface area (Å²) >= 11 is 4.85. The number of nitrogens with zero attached hydrogens (tertiary/aromatic N) is 1. The van der Waals surface area contributed by atoms with Gasteiger partial charge < -0.3 is 10.6 Å². The van der Waals surface area contributed by atoms with E-state index in [1.54, 1.807) is 6.07 Å². The van der Waals surface area contributed by atoms with Crippen LogP contribution in [0.4, 0.5) is 10.1 Å². The number of nitrogens with two attached hydrogens (primary N) is 1. The van der Waals surface area contributed by atoms with E-state index in [1.807, 2.05) is 18.0 Å². The molecule has 2 N–H and O–H groups in total.